The lowest BCUT2D eigenvalue weighted by atomic mass is 9.79. The summed E-state index contributed by atoms with van der Waals surface area (Å²) in [5, 5.41) is 9.66. The van der Waals surface area contributed by atoms with Crippen LogP contribution in [-0.2, 0) is 19.1 Å². The van der Waals surface area contributed by atoms with Crippen molar-refractivity contribution >= 4 is 27.9 Å². The van der Waals surface area contributed by atoms with Crippen molar-refractivity contribution in [3.05, 3.63) is 33.6 Å². The minimum Gasteiger partial charge on any atom is -0.493 e. The van der Waals surface area contributed by atoms with Crippen LogP contribution >= 0.6 is 15.9 Å². The van der Waals surface area contributed by atoms with E-state index in [2.05, 4.69) is 15.9 Å². The molecule has 0 spiro atoms. The number of carbonyl (C=O) groups is 2. The first-order chi connectivity index (χ1) is 12.9. The van der Waals surface area contributed by atoms with Crippen LogP contribution in [0.25, 0.3) is 0 Å². The molecule has 0 fully saturated rings. The largest absolute Gasteiger partial charge is 0.493 e. The molecule has 0 amide bonds. The second kappa shape index (κ2) is 8.77. The van der Waals surface area contributed by atoms with Crippen LogP contribution in [0.15, 0.2) is 28.1 Å². The summed E-state index contributed by atoms with van der Waals surface area (Å²) in [6.45, 7) is 3.44. The van der Waals surface area contributed by atoms with E-state index in [1.54, 1.807) is 26.0 Å². The van der Waals surface area contributed by atoms with E-state index in [1.807, 2.05) is 6.07 Å². The second-order valence-corrected chi connectivity index (χ2v) is 6.38. The number of ether oxygens (including phenoxy) is 4. The van der Waals surface area contributed by atoms with Crippen LogP contribution in [0.3, 0.4) is 0 Å². The molecule has 2 N–H and O–H groups in total. The summed E-state index contributed by atoms with van der Waals surface area (Å²) in [7, 11) is 1.44. The van der Waals surface area contributed by atoms with Crippen molar-refractivity contribution in [2.45, 2.75) is 19.8 Å². The van der Waals surface area contributed by atoms with E-state index >= 15 is 0 Å². The van der Waals surface area contributed by atoms with Gasteiger partial charge in [-0.2, -0.15) is 5.26 Å². The number of rotatable bonds is 6. The van der Waals surface area contributed by atoms with Crippen LogP contribution in [0, 0.1) is 17.2 Å². The Bertz CT molecular complexity index is 830. The van der Waals surface area contributed by atoms with E-state index in [4.69, 9.17) is 24.7 Å². The van der Waals surface area contributed by atoms with Crippen molar-refractivity contribution in [3.63, 3.8) is 0 Å². The third kappa shape index (κ3) is 4.01. The van der Waals surface area contributed by atoms with Gasteiger partial charge in [-0.15, -0.1) is 0 Å². The first-order valence-electron chi connectivity index (χ1n) is 8.17. The topological polar surface area (TPSA) is 121 Å². The van der Waals surface area contributed by atoms with Gasteiger partial charge in [-0.3, -0.25) is 4.79 Å². The number of methoxy groups -OCH3 is 1. The minimum atomic E-state index is -1.33. The Kier molecular flexibility index (Phi) is 6.69. The van der Waals surface area contributed by atoms with E-state index in [-0.39, 0.29) is 30.4 Å². The molecule has 9 heteroatoms. The van der Waals surface area contributed by atoms with Gasteiger partial charge < -0.3 is 24.7 Å². The van der Waals surface area contributed by atoms with Crippen molar-refractivity contribution in [2.24, 2.45) is 11.7 Å². The second-order valence-electron chi connectivity index (χ2n) is 5.46. The first-order valence-corrected chi connectivity index (χ1v) is 8.97. The van der Waals surface area contributed by atoms with Gasteiger partial charge in [0, 0.05) is 10.0 Å². The van der Waals surface area contributed by atoms with Gasteiger partial charge in [-0.05, 0) is 26.0 Å². The van der Waals surface area contributed by atoms with E-state index in [0.717, 1.165) is 0 Å². The number of nitrogens with two attached hydrogens (primary N) is 1. The molecule has 2 rings (SSSR count). The summed E-state index contributed by atoms with van der Waals surface area (Å²) in [6.07, 6.45) is 0. The molecule has 2 atom stereocenters. The average Bonchev–Trinajstić information content (AvgIpc) is 2.62. The summed E-state index contributed by atoms with van der Waals surface area (Å²) in [4.78, 5) is 24.9. The van der Waals surface area contributed by atoms with Crippen molar-refractivity contribution in [1.82, 2.24) is 0 Å². The number of hydrogen-bond donors (Lipinski definition) is 1. The summed E-state index contributed by atoms with van der Waals surface area (Å²) in [5.41, 5.74) is 6.25. The highest BCUT2D eigenvalue weighted by atomic mass is 79.9. The molecule has 0 unspecified atom stereocenters. The molecule has 0 aromatic heterocycles. The van der Waals surface area contributed by atoms with Crippen molar-refractivity contribution in [2.75, 3.05) is 20.3 Å². The molecule has 1 aliphatic rings. The number of fused-ring (bicyclic) bond motifs is 1. The van der Waals surface area contributed by atoms with Crippen LogP contribution in [-0.4, -0.2) is 32.3 Å². The maximum absolute atomic E-state index is 12.5. The molecule has 1 aliphatic heterocycles. The lowest BCUT2D eigenvalue weighted by molar-refractivity contribution is -0.146. The molecule has 0 aliphatic carbocycles. The number of esters is 2. The Morgan fingerprint density at radius 1 is 1.33 bits per heavy atom. The van der Waals surface area contributed by atoms with Gasteiger partial charge >= 0.3 is 11.9 Å². The number of carbonyl (C=O) groups excluding carboxylic acids is 2. The van der Waals surface area contributed by atoms with Gasteiger partial charge in [0.05, 0.1) is 32.3 Å². The summed E-state index contributed by atoms with van der Waals surface area (Å²) < 4.78 is 21.6. The molecule has 0 bridgehead atoms. The normalized spacial score (nSPS) is 16.5. The number of nitriles is 1. The van der Waals surface area contributed by atoms with E-state index < -0.39 is 23.8 Å². The van der Waals surface area contributed by atoms with E-state index in [9.17, 15) is 14.9 Å². The average molecular weight is 439 g/mol. The minimum absolute atomic E-state index is 0.0861. The fourth-order valence-corrected chi connectivity index (χ4v) is 3.29. The molecule has 1 aromatic carbocycles. The van der Waals surface area contributed by atoms with E-state index in [0.29, 0.717) is 15.8 Å². The van der Waals surface area contributed by atoms with Crippen LogP contribution < -0.4 is 15.2 Å². The van der Waals surface area contributed by atoms with Crippen molar-refractivity contribution in [1.29, 1.82) is 5.26 Å². The zero-order valence-electron chi connectivity index (χ0n) is 15.1. The number of benzene rings is 1. The molecular weight excluding hydrogens is 420 g/mol. The fourth-order valence-electron chi connectivity index (χ4n) is 2.83. The lowest BCUT2D eigenvalue weighted by Gasteiger charge is -2.30. The fraction of sp³-hybridized carbons (Fsp3) is 0.389. The van der Waals surface area contributed by atoms with Gasteiger partial charge in [-0.1, -0.05) is 15.9 Å². The Hall–Kier alpha value is -2.73. The van der Waals surface area contributed by atoms with Crippen LogP contribution in [0.1, 0.15) is 25.3 Å². The third-order valence-electron chi connectivity index (χ3n) is 3.90. The molecule has 1 aromatic rings. The zero-order chi connectivity index (χ0) is 20.1. The highest BCUT2D eigenvalue weighted by molar-refractivity contribution is 9.10. The molecule has 0 radical (unpaired) electrons. The Morgan fingerprint density at radius 3 is 2.56 bits per heavy atom. The monoisotopic (exact) mass is 438 g/mol. The zero-order valence-corrected chi connectivity index (χ0v) is 16.7. The van der Waals surface area contributed by atoms with Crippen molar-refractivity contribution < 1.29 is 28.5 Å². The van der Waals surface area contributed by atoms with Crippen LogP contribution in [0.4, 0.5) is 0 Å². The Balaban J connectivity index is 2.72. The van der Waals surface area contributed by atoms with Gasteiger partial charge in [0.2, 0.25) is 5.88 Å². The Labute approximate surface area is 164 Å². The molecule has 1 heterocycles. The molecular formula is C18H19BrN2O6. The predicted octanol–water partition coefficient (Wildman–Crippen LogP) is 2.37. The molecule has 27 heavy (non-hydrogen) atoms. The SMILES string of the molecule is CCOC(=O)C1=C(N)Oc2c(OC)cc(Br)cc2[C@H]1[C@@H](C#N)C(=O)OCC. The molecule has 0 saturated carbocycles. The number of hydrogen-bond acceptors (Lipinski definition) is 8. The highest BCUT2D eigenvalue weighted by Gasteiger charge is 2.44. The van der Waals surface area contributed by atoms with Gasteiger partial charge in [-0.25, -0.2) is 4.79 Å². The predicted molar refractivity (Wildman–Crippen MR) is 97.6 cm³/mol. The molecule has 0 saturated heterocycles. The van der Waals surface area contributed by atoms with E-state index in [1.165, 1.54) is 7.11 Å². The number of halogens is 1. The lowest BCUT2D eigenvalue weighted by Crippen LogP contribution is -2.34. The van der Waals surface area contributed by atoms with Gasteiger partial charge in [0.1, 0.15) is 5.57 Å². The summed E-state index contributed by atoms with van der Waals surface area (Å²) >= 11 is 3.35. The van der Waals surface area contributed by atoms with Gasteiger partial charge in [0.25, 0.3) is 0 Å². The number of nitrogens with zero attached hydrogens (tertiary/aromatic N) is 1. The smallest absolute Gasteiger partial charge is 0.340 e. The standard InChI is InChI=1S/C18H19BrN2O6/c1-4-25-17(22)11(8-20)13-10-6-9(19)7-12(24-3)15(10)27-16(21)14(13)18(23)26-5-2/h6-7,11,13H,4-5,21H2,1-3H3/t11-,13+/m1/s1. The quantitative estimate of drug-likeness (QED) is 0.671. The summed E-state index contributed by atoms with van der Waals surface area (Å²) in [6, 6.07) is 5.20. The van der Waals surface area contributed by atoms with Crippen LogP contribution in [0.2, 0.25) is 0 Å². The van der Waals surface area contributed by atoms with Crippen LogP contribution in [0.5, 0.6) is 11.5 Å². The maximum atomic E-state index is 12.5. The Morgan fingerprint density at radius 2 is 2.00 bits per heavy atom. The highest BCUT2D eigenvalue weighted by Crippen LogP contribution is 2.48. The first kappa shape index (κ1) is 20.6. The molecule has 8 nitrogen and oxygen atoms in total. The third-order valence-corrected chi connectivity index (χ3v) is 4.36. The van der Waals surface area contributed by atoms with Crippen molar-refractivity contribution in [3.8, 4) is 17.6 Å². The maximum Gasteiger partial charge on any atom is 0.340 e. The van der Waals surface area contributed by atoms with Gasteiger partial charge in [0.15, 0.2) is 17.4 Å². The summed E-state index contributed by atoms with van der Waals surface area (Å²) in [5.74, 6) is -3.61. The molecule has 144 valence electrons.